The molecule has 1 amide bonds. The lowest BCUT2D eigenvalue weighted by Crippen LogP contribution is -2.30. The summed E-state index contributed by atoms with van der Waals surface area (Å²) in [7, 11) is 0. The maximum atomic E-state index is 12.7. The van der Waals surface area contributed by atoms with Crippen molar-refractivity contribution in [3.63, 3.8) is 0 Å². The Morgan fingerprint density at radius 1 is 1.16 bits per heavy atom. The average molecular weight is 336 g/mol. The summed E-state index contributed by atoms with van der Waals surface area (Å²) in [5, 5.41) is 2.73. The molecule has 5 heteroatoms. The first-order chi connectivity index (χ1) is 11.9. The van der Waals surface area contributed by atoms with Crippen LogP contribution in [-0.2, 0) is 9.59 Å². The van der Waals surface area contributed by atoms with E-state index in [0.29, 0.717) is 16.8 Å². The lowest BCUT2D eigenvalue weighted by molar-refractivity contribution is -0.129. The fraction of sp³-hybridized carbons (Fsp3) is 0.200. The Kier molecular flexibility index (Phi) is 5.95. The lowest BCUT2D eigenvalue weighted by Gasteiger charge is -2.18. The molecule has 0 saturated heterocycles. The zero-order valence-corrected chi connectivity index (χ0v) is 14.2. The Balaban J connectivity index is 2.27. The van der Waals surface area contributed by atoms with E-state index in [1.807, 2.05) is 0 Å². The number of pyridine rings is 1. The fourth-order valence-electron chi connectivity index (χ4n) is 2.37. The van der Waals surface area contributed by atoms with Crippen LogP contribution in [-0.4, -0.2) is 22.5 Å². The van der Waals surface area contributed by atoms with E-state index < -0.39 is 17.7 Å². The highest BCUT2D eigenvalue weighted by Crippen LogP contribution is 2.23. The molecular weight excluding hydrogens is 316 g/mol. The fourth-order valence-corrected chi connectivity index (χ4v) is 2.37. The predicted molar refractivity (Wildman–Crippen MR) is 96.4 cm³/mol. The first kappa shape index (κ1) is 18.3. The number of nitrogens with one attached hydrogen (secondary N) is 1. The minimum Gasteiger partial charge on any atom is -0.325 e. The number of hydrogen-bond donors (Lipinski definition) is 1. The van der Waals surface area contributed by atoms with Crippen LogP contribution < -0.4 is 5.32 Å². The Morgan fingerprint density at radius 2 is 1.84 bits per heavy atom. The first-order valence-corrected chi connectivity index (χ1v) is 7.92. The van der Waals surface area contributed by atoms with Crippen LogP contribution in [0.3, 0.4) is 0 Å². The number of amides is 1. The number of aromatic nitrogens is 1. The molecule has 2 unspecified atom stereocenters. The maximum Gasteiger partial charge on any atom is 0.239 e. The number of benzene rings is 1. The van der Waals surface area contributed by atoms with E-state index >= 15 is 0 Å². The van der Waals surface area contributed by atoms with Crippen LogP contribution in [0.25, 0.3) is 0 Å². The molecule has 0 fully saturated rings. The third-order valence-corrected chi connectivity index (χ3v) is 3.93. The Bertz CT molecular complexity index is 782. The molecule has 0 aliphatic heterocycles. The number of rotatable bonds is 7. The van der Waals surface area contributed by atoms with Crippen LogP contribution in [0.4, 0.5) is 5.69 Å². The van der Waals surface area contributed by atoms with Gasteiger partial charge in [-0.25, -0.2) is 0 Å². The Labute approximate surface area is 146 Å². The molecule has 25 heavy (non-hydrogen) atoms. The van der Waals surface area contributed by atoms with Gasteiger partial charge in [-0.3, -0.25) is 19.4 Å². The van der Waals surface area contributed by atoms with Crippen molar-refractivity contribution >= 4 is 23.2 Å². The normalized spacial score (nSPS) is 12.7. The Hall–Kier alpha value is -3.08. The van der Waals surface area contributed by atoms with Gasteiger partial charge in [0, 0.05) is 29.6 Å². The van der Waals surface area contributed by atoms with Crippen molar-refractivity contribution in [3.05, 3.63) is 72.6 Å². The van der Waals surface area contributed by atoms with Gasteiger partial charge in [-0.1, -0.05) is 19.1 Å². The van der Waals surface area contributed by atoms with E-state index in [1.165, 1.54) is 19.2 Å². The van der Waals surface area contributed by atoms with Gasteiger partial charge in [0.25, 0.3) is 0 Å². The second kappa shape index (κ2) is 8.15. The maximum absolute atomic E-state index is 12.7. The molecule has 128 valence electrons. The summed E-state index contributed by atoms with van der Waals surface area (Å²) in [4.78, 5) is 40.7. The van der Waals surface area contributed by atoms with Gasteiger partial charge >= 0.3 is 0 Å². The number of carbonyl (C=O) groups is 3. The zero-order chi connectivity index (χ0) is 18.4. The van der Waals surface area contributed by atoms with Crippen molar-refractivity contribution in [1.82, 2.24) is 4.98 Å². The molecule has 0 spiro atoms. The standard InChI is InChI=1S/C20H20N2O3/c1-4-13(2)19(24)18(16-6-5-11-21-12-16)20(25)22-17-9-7-15(8-10-17)14(3)23/h4-13,18H,1H2,2-3H3,(H,22,25). The first-order valence-electron chi connectivity index (χ1n) is 7.92. The molecule has 0 saturated carbocycles. The molecule has 1 N–H and O–H groups in total. The molecule has 1 heterocycles. The summed E-state index contributed by atoms with van der Waals surface area (Å²) in [5.74, 6) is -2.19. The van der Waals surface area contributed by atoms with Crippen molar-refractivity contribution in [1.29, 1.82) is 0 Å². The van der Waals surface area contributed by atoms with Crippen molar-refractivity contribution in [2.45, 2.75) is 19.8 Å². The molecule has 0 aliphatic rings. The smallest absolute Gasteiger partial charge is 0.239 e. The topological polar surface area (TPSA) is 76.1 Å². The minimum absolute atomic E-state index is 0.0545. The highest BCUT2D eigenvalue weighted by molar-refractivity contribution is 6.12. The monoisotopic (exact) mass is 336 g/mol. The molecular formula is C20H20N2O3. The second-order valence-corrected chi connectivity index (χ2v) is 5.77. The third kappa shape index (κ3) is 4.47. The van der Waals surface area contributed by atoms with Gasteiger partial charge in [0.05, 0.1) is 0 Å². The van der Waals surface area contributed by atoms with Crippen molar-refractivity contribution in [3.8, 4) is 0 Å². The zero-order valence-electron chi connectivity index (χ0n) is 14.2. The van der Waals surface area contributed by atoms with Crippen LogP contribution in [0.1, 0.15) is 35.7 Å². The third-order valence-electron chi connectivity index (χ3n) is 3.93. The average Bonchev–Trinajstić information content (AvgIpc) is 2.62. The molecule has 0 bridgehead atoms. The Morgan fingerprint density at radius 3 is 2.36 bits per heavy atom. The van der Waals surface area contributed by atoms with Gasteiger partial charge in [0.15, 0.2) is 11.6 Å². The summed E-state index contributed by atoms with van der Waals surface area (Å²) in [6.07, 6.45) is 4.61. The van der Waals surface area contributed by atoms with Crippen molar-refractivity contribution < 1.29 is 14.4 Å². The summed E-state index contributed by atoms with van der Waals surface area (Å²) in [6, 6.07) is 9.91. The van der Waals surface area contributed by atoms with Gasteiger partial charge in [0.1, 0.15) is 5.92 Å². The van der Waals surface area contributed by atoms with Gasteiger partial charge in [0.2, 0.25) is 5.91 Å². The van der Waals surface area contributed by atoms with E-state index in [4.69, 9.17) is 0 Å². The summed E-state index contributed by atoms with van der Waals surface area (Å²) in [6.45, 7) is 6.80. The lowest BCUT2D eigenvalue weighted by atomic mass is 9.88. The highest BCUT2D eigenvalue weighted by atomic mass is 16.2. The van der Waals surface area contributed by atoms with Crippen molar-refractivity contribution in [2.75, 3.05) is 5.32 Å². The SMILES string of the molecule is C=CC(C)C(=O)C(C(=O)Nc1ccc(C(C)=O)cc1)c1cccnc1. The quantitative estimate of drug-likeness (QED) is 0.478. The number of hydrogen-bond acceptors (Lipinski definition) is 4. The largest absolute Gasteiger partial charge is 0.325 e. The van der Waals surface area contributed by atoms with E-state index in [1.54, 1.807) is 49.5 Å². The number of carbonyl (C=O) groups excluding carboxylic acids is 3. The molecule has 0 aliphatic carbocycles. The van der Waals surface area contributed by atoms with E-state index in [2.05, 4.69) is 16.9 Å². The van der Waals surface area contributed by atoms with Gasteiger partial charge in [-0.2, -0.15) is 0 Å². The molecule has 1 aromatic carbocycles. The van der Waals surface area contributed by atoms with Crippen LogP contribution in [0, 0.1) is 5.92 Å². The molecule has 0 radical (unpaired) electrons. The van der Waals surface area contributed by atoms with Gasteiger partial charge in [-0.05, 0) is 42.8 Å². The molecule has 2 atom stereocenters. The van der Waals surface area contributed by atoms with Crippen LogP contribution in [0.2, 0.25) is 0 Å². The summed E-state index contributed by atoms with van der Waals surface area (Å²) in [5.41, 5.74) is 1.60. The number of ketones is 2. The molecule has 5 nitrogen and oxygen atoms in total. The molecule has 2 rings (SSSR count). The molecule has 1 aromatic heterocycles. The minimum atomic E-state index is -0.978. The summed E-state index contributed by atoms with van der Waals surface area (Å²) < 4.78 is 0. The summed E-state index contributed by atoms with van der Waals surface area (Å²) >= 11 is 0. The van der Waals surface area contributed by atoms with Crippen molar-refractivity contribution in [2.24, 2.45) is 5.92 Å². The molecule has 2 aromatic rings. The number of allylic oxidation sites excluding steroid dienone is 1. The van der Waals surface area contributed by atoms with Gasteiger partial charge < -0.3 is 5.32 Å². The second-order valence-electron chi connectivity index (χ2n) is 5.77. The van der Waals surface area contributed by atoms with Crippen LogP contribution in [0.5, 0.6) is 0 Å². The number of Topliss-reactive ketones (excluding diaryl/α,β-unsaturated/α-hetero) is 2. The van der Waals surface area contributed by atoms with E-state index in [-0.39, 0.29) is 11.6 Å². The number of anilines is 1. The predicted octanol–water partition coefficient (Wildman–Crippen LogP) is 3.40. The van der Waals surface area contributed by atoms with Crippen LogP contribution in [0.15, 0.2) is 61.4 Å². The highest BCUT2D eigenvalue weighted by Gasteiger charge is 2.31. The number of nitrogens with zero attached hydrogens (tertiary/aromatic N) is 1. The van der Waals surface area contributed by atoms with E-state index in [0.717, 1.165) is 0 Å². The van der Waals surface area contributed by atoms with E-state index in [9.17, 15) is 14.4 Å². The van der Waals surface area contributed by atoms with Gasteiger partial charge in [-0.15, -0.1) is 6.58 Å². The van der Waals surface area contributed by atoms with Crippen LogP contribution >= 0.6 is 0 Å².